The van der Waals surface area contributed by atoms with Crippen LogP contribution in [-0.2, 0) is 16.0 Å². The molecule has 0 bridgehead atoms. The van der Waals surface area contributed by atoms with Crippen molar-refractivity contribution in [2.24, 2.45) is 0 Å². The van der Waals surface area contributed by atoms with Gasteiger partial charge in [-0.25, -0.2) is 4.98 Å². The number of carbonyl (C=O) groups is 2. The number of pyridine rings is 1. The first-order valence-electron chi connectivity index (χ1n) is 11.0. The Morgan fingerprint density at radius 2 is 1.94 bits per heavy atom. The number of aromatic nitrogens is 2. The third-order valence-electron chi connectivity index (χ3n) is 5.77. The lowest BCUT2D eigenvalue weighted by Crippen LogP contribution is -2.15. The summed E-state index contributed by atoms with van der Waals surface area (Å²) in [5.41, 5.74) is 6.11. The number of carboxylic acid groups (broad SMARTS) is 1. The summed E-state index contributed by atoms with van der Waals surface area (Å²) < 4.78 is 5.86. The van der Waals surface area contributed by atoms with Gasteiger partial charge >= 0.3 is 5.97 Å². The Bertz CT molecular complexity index is 1340. The van der Waals surface area contributed by atoms with E-state index in [0.29, 0.717) is 22.9 Å². The maximum Gasteiger partial charge on any atom is 0.303 e. The molecule has 0 spiro atoms. The van der Waals surface area contributed by atoms with Crippen LogP contribution >= 0.6 is 0 Å². The maximum atomic E-state index is 12.5. The molecule has 0 saturated carbocycles. The molecule has 0 fully saturated rings. The monoisotopic (exact) mass is 458 g/mol. The normalized spacial score (nSPS) is 11.9. The van der Waals surface area contributed by atoms with E-state index in [0.717, 1.165) is 22.4 Å². The largest absolute Gasteiger partial charge is 0.481 e. The number of benzene rings is 2. The van der Waals surface area contributed by atoms with Crippen molar-refractivity contribution in [1.82, 2.24) is 9.97 Å². The number of nitrogens with zero attached hydrogens (tertiary/aromatic N) is 2. The quantitative estimate of drug-likeness (QED) is 0.326. The number of oxazole rings is 1. The Labute approximate surface area is 197 Å². The summed E-state index contributed by atoms with van der Waals surface area (Å²) in [7, 11) is 0. The summed E-state index contributed by atoms with van der Waals surface area (Å²) in [6.07, 6.45) is 1.77. The van der Waals surface area contributed by atoms with Crippen LogP contribution in [-0.4, -0.2) is 27.0 Å². The highest BCUT2D eigenvalue weighted by molar-refractivity contribution is 5.92. The Morgan fingerprint density at radius 3 is 2.68 bits per heavy atom. The predicted molar refractivity (Wildman–Crippen MR) is 130 cm³/mol. The molecule has 174 valence electrons. The number of carboxylic acids is 1. The van der Waals surface area contributed by atoms with Crippen LogP contribution in [0.3, 0.4) is 0 Å². The van der Waals surface area contributed by atoms with Crippen LogP contribution in [0, 0.1) is 13.8 Å². The Morgan fingerprint density at radius 1 is 1.12 bits per heavy atom. The molecule has 1 atom stereocenters. The summed E-state index contributed by atoms with van der Waals surface area (Å²) in [5, 5.41) is 14.9. The highest BCUT2D eigenvalue weighted by Gasteiger charge is 2.13. The van der Waals surface area contributed by atoms with Gasteiger partial charge in [-0.1, -0.05) is 31.2 Å². The number of hydrogen-bond donors (Lipinski definition) is 3. The van der Waals surface area contributed by atoms with Crippen LogP contribution in [0.15, 0.2) is 59.1 Å². The molecule has 4 aromatic rings. The summed E-state index contributed by atoms with van der Waals surface area (Å²) in [4.78, 5) is 32.1. The minimum Gasteiger partial charge on any atom is -0.481 e. The lowest BCUT2D eigenvalue weighted by atomic mass is 10.00. The number of hydrogen-bond acceptors (Lipinski definition) is 6. The fourth-order valence-corrected chi connectivity index (χ4v) is 3.66. The molecule has 2 aromatic heterocycles. The van der Waals surface area contributed by atoms with E-state index in [1.165, 1.54) is 5.56 Å². The summed E-state index contributed by atoms with van der Waals surface area (Å²) in [5.74, 6) is -0.817. The first-order chi connectivity index (χ1) is 16.3. The molecule has 0 aliphatic rings. The number of aryl methyl sites for hydroxylation is 1. The minimum absolute atomic E-state index is 0.0271. The minimum atomic E-state index is -0.859. The van der Waals surface area contributed by atoms with Gasteiger partial charge in [0.25, 0.3) is 6.01 Å². The number of anilines is 3. The molecule has 2 aromatic carbocycles. The van der Waals surface area contributed by atoms with E-state index in [2.05, 4.69) is 20.6 Å². The van der Waals surface area contributed by atoms with Crippen LogP contribution in [0.5, 0.6) is 0 Å². The molecular weight excluding hydrogens is 432 g/mol. The lowest BCUT2D eigenvalue weighted by molar-refractivity contribution is -0.137. The highest BCUT2D eigenvalue weighted by Crippen LogP contribution is 2.26. The molecule has 0 radical (unpaired) electrons. The third-order valence-corrected chi connectivity index (χ3v) is 5.77. The van der Waals surface area contributed by atoms with Crippen molar-refractivity contribution >= 4 is 40.5 Å². The van der Waals surface area contributed by atoms with E-state index in [4.69, 9.17) is 9.52 Å². The highest BCUT2D eigenvalue weighted by atomic mass is 16.4. The predicted octanol–water partition coefficient (Wildman–Crippen LogP) is 5.34. The summed E-state index contributed by atoms with van der Waals surface area (Å²) >= 11 is 0. The molecule has 0 aliphatic heterocycles. The average Bonchev–Trinajstić information content (AvgIpc) is 3.18. The molecule has 8 heteroatoms. The lowest BCUT2D eigenvalue weighted by Gasteiger charge is -2.10. The van der Waals surface area contributed by atoms with E-state index in [1.807, 2.05) is 51.1 Å². The van der Waals surface area contributed by atoms with Crippen LogP contribution in [0.2, 0.25) is 0 Å². The zero-order valence-corrected chi connectivity index (χ0v) is 19.3. The first kappa shape index (κ1) is 23.0. The van der Waals surface area contributed by atoms with Crippen LogP contribution < -0.4 is 10.6 Å². The second-order valence-electron chi connectivity index (χ2n) is 8.39. The number of fused-ring (bicyclic) bond motifs is 1. The van der Waals surface area contributed by atoms with E-state index in [1.54, 1.807) is 24.4 Å². The first-order valence-corrected chi connectivity index (χ1v) is 11.0. The fraction of sp³-hybridized carbons (Fsp3) is 0.231. The third kappa shape index (κ3) is 5.40. The van der Waals surface area contributed by atoms with Gasteiger partial charge in [0, 0.05) is 11.9 Å². The van der Waals surface area contributed by atoms with Crippen molar-refractivity contribution in [1.29, 1.82) is 0 Å². The van der Waals surface area contributed by atoms with E-state index in [9.17, 15) is 9.59 Å². The molecule has 0 aliphatic carbocycles. The molecular formula is C26H26N4O4. The van der Waals surface area contributed by atoms with Crippen molar-refractivity contribution in [2.75, 3.05) is 10.6 Å². The van der Waals surface area contributed by atoms with Crippen molar-refractivity contribution in [2.45, 2.75) is 39.5 Å². The van der Waals surface area contributed by atoms with E-state index in [-0.39, 0.29) is 24.7 Å². The number of rotatable bonds is 8. The number of aliphatic carboxylic acids is 1. The maximum absolute atomic E-state index is 12.5. The van der Waals surface area contributed by atoms with E-state index < -0.39 is 5.97 Å². The van der Waals surface area contributed by atoms with Gasteiger partial charge in [0.15, 0.2) is 5.58 Å². The van der Waals surface area contributed by atoms with Crippen molar-refractivity contribution < 1.29 is 19.1 Å². The SMILES string of the molecule is Cc1cccc(Nc2nc3ccc(CC(=O)Nc4ccc(C(C)CC(=O)O)cn4)cc3o2)c1C. The molecule has 8 nitrogen and oxygen atoms in total. The number of nitrogens with one attached hydrogen (secondary N) is 2. The van der Waals surface area contributed by atoms with Gasteiger partial charge in [0.2, 0.25) is 5.91 Å². The Balaban J connectivity index is 1.40. The van der Waals surface area contributed by atoms with Gasteiger partial charge in [-0.3, -0.25) is 9.59 Å². The van der Waals surface area contributed by atoms with Gasteiger partial charge < -0.3 is 20.2 Å². The van der Waals surface area contributed by atoms with Gasteiger partial charge in [0.1, 0.15) is 11.3 Å². The molecule has 1 amide bonds. The van der Waals surface area contributed by atoms with Gasteiger partial charge in [-0.15, -0.1) is 0 Å². The molecule has 0 saturated heterocycles. The second-order valence-corrected chi connectivity index (χ2v) is 8.39. The van der Waals surface area contributed by atoms with Crippen molar-refractivity contribution in [3.8, 4) is 0 Å². The van der Waals surface area contributed by atoms with Gasteiger partial charge in [-0.2, -0.15) is 4.98 Å². The molecule has 1 unspecified atom stereocenters. The molecule has 34 heavy (non-hydrogen) atoms. The zero-order chi connectivity index (χ0) is 24.2. The Kier molecular flexibility index (Phi) is 6.58. The Hall–Kier alpha value is -4.20. The van der Waals surface area contributed by atoms with Crippen molar-refractivity contribution in [3.05, 3.63) is 77.0 Å². The summed E-state index contributed by atoms with van der Waals surface area (Å²) in [6.45, 7) is 5.91. The second kappa shape index (κ2) is 9.74. The molecule has 2 heterocycles. The average molecular weight is 459 g/mol. The van der Waals surface area contributed by atoms with Crippen LogP contribution in [0.25, 0.3) is 11.1 Å². The topological polar surface area (TPSA) is 117 Å². The number of carbonyl (C=O) groups excluding carboxylic acids is 1. The van der Waals surface area contributed by atoms with Gasteiger partial charge in [0.05, 0.1) is 12.8 Å². The molecule has 3 N–H and O–H groups in total. The fourth-order valence-electron chi connectivity index (χ4n) is 3.66. The van der Waals surface area contributed by atoms with E-state index >= 15 is 0 Å². The number of amides is 1. The zero-order valence-electron chi connectivity index (χ0n) is 19.3. The summed E-state index contributed by atoms with van der Waals surface area (Å²) in [6, 6.07) is 15.3. The van der Waals surface area contributed by atoms with Crippen LogP contribution in [0.4, 0.5) is 17.5 Å². The smallest absolute Gasteiger partial charge is 0.303 e. The standard InChI is InChI=1S/C26H26N4O4/c1-15-5-4-6-20(17(15)3)28-26-29-21-9-7-18(12-22(21)34-26)13-24(31)30-23-10-8-19(14-27-23)16(2)11-25(32)33/h4-10,12,14,16H,11,13H2,1-3H3,(H,28,29)(H,32,33)(H,27,30,31). The van der Waals surface area contributed by atoms with Gasteiger partial charge in [-0.05, 0) is 66.3 Å². The van der Waals surface area contributed by atoms with Crippen molar-refractivity contribution in [3.63, 3.8) is 0 Å². The van der Waals surface area contributed by atoms with Crippen LogP contribution in [0.1, 0.15) is 41.5 Å². The molecule has 4 rings (SSSR count).